The van der Waals surface area contributed by atoms with E-state index in [0.717, 1.165) is 18.4 Å². The highest BCUT2D eigenvalue weighted by Crippen LogP contribution is 2.41. The van der Waals surface area contributed by atoms with E-state index in [9.17, 15) is 18.0 Å². The van der Waals surface area contributed by atoms with Crippen LogP contribution < -0.4 is 10.1 Å². The Morgan fingerprint density at radius 1 is 1.11 bits per heavy atom. The summed E-state index contributed by atoms with van der Waals surface area (Å²) in [7, 11) is 0. The minimum Gasteiger partial charge on any atom is -0.476 e. The molecule has 4 aromatic rings. The van der Waals surface area contributed by atoms with E-state index in [-0.39, 0.29) is 38.2 Å². The fourth-order valence-corrected chi connectivity index (χ4v) is 4.79. The van der Waals surface area contributed by atoms with E-state index in [2.05, 4.69) is 20.4 Å². The number of imidazole rings is 1. The van der Waals surface area contributed by atoms with Crippen molar-refractivity contribution in [3.8, 4) is 17.1 Å². The van der Waals surface area contributed by atoms with Gasteiger partial charge >= 0.3 is 6.18 Å². The van der Waals surface area contributed by atoms with Gasteiger partial charge in [0.2, 0.25) is 11.8 Å². The summed E-state index contributed by atoms with van der Waals surface area (Å²) in [6, 6.07) is 10.8. The summed E-state index contributed by atoms with van der Waals surface area (Å²) in [5.74, 6) is 0.331. The maximum absolute atomic E-state index is 13.5. The monoisotopic (exact) mass is 525 g/mol. The fourth-order valence-electron chi connectivity index (χ4n) is 4.79. The molecule has 1 aliphatic carbocycles. The van der Waals surface area contributed by atoms with Gasteiger partial charge in [-0.25, -0.2) is 9.67 Å². The molecule has 1 saturated carbocycles. The van der Waals surface area contributed by atoms with E-state index >= 15 is 0 Å². The molecule has 1 amide bonds. The molecular formula is C26H26F3N7O2. The number of nitrogens with zero attached hydrogens (tertiary/aromatic N) is 6. The van der Waals surface area contributed by atoms with Crippen molar-refractivity contribution in [2.75, 3.05) is 31.6 Å². The Morgan fingerprint density at radius 2 is 1.92 bits per heavy atom. The number of aryl methyl sites for hydroxylation is 1. The highest BCUT2D eigenvalue weighted by atomic mass is 19.4. The van der Waals surface area contributed by atoms with Crippen LogP contribution in [0, 0.1) is 6.92 Å². The van der Waals surface area contributed by atoms with Crippen molar-refractivity contribution in [2.24, 2.45) is 0 Å². The Morgan fingerprint density at radius 3 is 2.71 bits per heavy atom. The van der Waals surface area contributed by atoms with E-state index in [0.29, 0.717) is 33.9 Å². The van der Waals surface area contributed by atoms with Crippen LogP contribution in [0.4, 0.5) is 19.1 Å². The number of hydrogen-bond donors (Lipinski definition) is 1. The number of pyridine rings is 1. The van der Waals surface area contributed by atoms with Crippen LogP contribution in [0.5, 0.6) is 5.88 Å². The van der Waals surface area contributed by atoms with Crippen molar-refractivity contribution in [2.45, 2.75) is 38.5 Å². The number of para-hydroxylation sites is 2. The summed E-state index contributed by atoms with van der Waals surface area (Å²) in [5.41, 5.74) is 3.47. The second kappa shape index (κ2) is 9.43. The molecule has 0 unspecified atom stereocenters. The van der Waals surface area contributed by atoms with Gasteiger partial charge in [0, 0.05) is 30.9 Å². The molecule has 2 aliphatic rings. The first kappa shape index (κ1) is 24.4. The lowest BCUT2D eigenvalue weighted by atomic mass is 10.1. The van der Waals surface area contributed by atoms with Gasteiger partial charge in [-0.2, -0.15) is 18.3 Å². The second-order valence-electron chi connectivity index (χ2n) is 9.69. The van der Waals surface area contributed by atoms with Gasteiger partial charge < -0.3 is 9.30 Å². The van der Waals surface area contributed by atoms with Crippen LogP contribution in [0.1, 0.15) is 34.9 Å². The summed E-state index contributed by atoms with van der Waals surface area (Å²) in [5, 5.41) is 7.35. The average Bonchev–Trinajstić information content (AvgIpc) is 3.52. The summed E-state index contributed by atoms with van der Waals surface area (Å²) >= 11 is 0. The van der Waals surface area contributed by atoms with Crippen molar-refractivity contribution in [3.63, 3.8) is 0 Å². The first-order valence-corrected chi connectivity index (χ1v) is 12.5. The summed E-state index contributed by atoms with van der Waals surface area (Å²) < 4.78 is 50.0. The fraction of sp³-hybridized carbons (Fsp3) is 0.385. The van der Waals surface area contributed by atoms with Crippen LogP contribution in [-0.4, -0.2) is 67.5 Å². The molecule has 2 bridgehead atoms. The smallest absolute Gasteiger partial charge is 0.401 e. The van der Waals surface area contributed by atoms with Crippen LogP contribution in [0.3, 0.4) is 0 Å². The molecule has 0 radical (unpaired) electrons. The molecule has 12 heteroatoms. The van der Waals surface area contributed by atoms with Gasteiger partial charge in [-0.15, -0.1) is 0 Å². The van der Waals surface area contributed by atoms with Crippen molar-refractivity contribution >= 4 is 22.9 Å². The van der Waals surface area contributed by atoms with Gasteiger partial charge in [0.1, 0.15) is 6.61 Å². The third kappa shape index (κ3) is 4.95. The first-order valence-electron chi connectivity index (χ1n) is 12.5. The summed E-state index contributed by atoms with van der Waals surface area (Å²) in [6.45, 7) is 1.07. The number of carbonyl (C=O) groups excluding carboxylic acids is 1. The Hall–Kier alpha value is -3.93. The molecule has 0 atom stereocenters. The summed E-state index contributed by atoms with van der Waals surface area (Å²) in [6.07, 6.45) is -0.835. The van der Waals surface area contributed by atoms with Crippen LogP contribution in [0.2, 0.25) is 0 Å². The molecule has 4 heterocycles. The third-order valence-corrected chi connectivity index (χ3v) is 6.70. The zero-order valence-corrected chi connectivity index (χ0v) is 20.7. The predicted molar refractivity (Wildman–Crippen MR) is 134 cm³/mol. The molecular weight excluding hydrogens is 499 g/mol. The van der Waals surface area contributed by atoms with Gasteiger partial charge in [0.25, 0.3) is 5.91 Å². The molecule has 1 N–H and O–H groups in total. The normalized spacial score (nSPS) is 17.2. The molecule has 3 aromatic heterocycles. The largest absolute Gasteiger partial charge is 0.476 e. The van der Waals surface area contributed by atoms with Gasteiger partial charge in [-0.3, -0.25) is 20.0 Å². The lowest BCUT2D eigenvalue weighted by Gasteiger charge is -2.24. The number of carbonyl (C=O) groups is 1. The lowest BCUT2D eigenvalue weighted by molar-refractivity contribution is -0.146. The minimum absolute atomic E-state index is 0.0366. The number of halogens is 3. The van der Waals surface area contributed by atoms with Gasteiger partial charge in [0.05, 0.1) is 41.1 Å². The Balaban J connectivity index is 1.44. The predicted octanol–water partition coefficient (Wildman–Crippen LogP) is 4.45. The number of ether oxygens (including phenoxy) is 1. The number of alkyl halides is 3. The molecule has 198 valence electrons. The van der Waals surface area contributed by atoms with E-state index in [1.54, 1.807) is 40.6 Å². The molecule has 1 fully saturated rings. The van der Waals surface area contributed by atoms with Crippen molar-refractivity contribution < 1.29 is 22.7 Å². The van der Waals surface area contributed by atoms with Crippen LogP contribution >= 0.6 is 0 Å². The third-order valence-electron chi connectivity index (χ3n) is 6.70. The topological polar surface area (TPSA) is 90.1 Å². The zero-order valence-electron chi connectivity index (χ0n) is 20.7. The standard InChI is InChI=1S/C26H26F3N7O2/c1-16-12-17-13-21(31-16)19-14-30-36(18-6-7-18)24(19)38-11-10-34(15-26(27,28)29)8-9-35-22-5-3-2-4-20(22)32-25(35)33-23(17)37/h2-5,12-14,18H,6-11,15H2,1H3,(H,32,33,37). The van der Waals surface area contributed by atoms with E-state index in [1.165, 1.54) is 4.90 Å². The lowest BCUT2D eigenvalue weighted by Crippen LogP contribution is -2.39. The maximum atomic E-state index is 13.5. The number of nitrogens with one attached hydrogen (secondary N) is 1. The molecule has 0 spiro atoms. The number of aromatic nitrogens is 5. The van der Waals surface area contributed by atoms with Crippen LogP contribution in [0.25, 0.3) is 22.3 Å². The molecule has 1 aliphatic heterocycles. The Kier molecular flexibility index (Phi) is 6.05. The molecule has 0 saturated heterocycles. The number of amides is 1. The van der Waals surface area contributed by atoms with Gasteiger partial charge in [0.15, 0.2) is 0 Å². The Bertz CT molecular complexity index is 1510. The second-order valence-corrected chi connectivity index (χ2v) is 9.69. The quantitative estimate of drug-likeness (QED) is 0.416. The number of hydrogen-bond acceptors (Lipinski definition) is 6. The number of rotatable bonds is 2. The molecule has 6 rings (SSSR count). The number of benzene rings is 1. The number of anilines is 1. The first-order chi connectivity index (χ1) is 18.2. The van der Waals surface area contributed by atoms with E-state index < -0.39 is 18.6 Å². The highest BCUT2D eigenvalue weighted by Gasteiger charge is 2.32. The van der Waals surface area contributed by atoms with E-state index in [1.807, 2.05) is 18.2 Å². The number of fused-ring (bicyclic) bond motifs is 7. The van der Waals surface area contributed by atoms with Crippen LogP contribution in [0.15, 0.2) is 42.6 Å². The van der Waals surface area contributed by atoms with Gasteiger partial charge in [-0.1, -0.05) is 12.1 Å². The highest BCUT2D eigenvalue weighted by molar-refractivity contribution is 6.04. The molecule has 9 nitrogen and oxygen atoms in total. The van der Waals surface area contributed by atoms with E-state index in [4.69, 9.17) is 4.74 Å². The van der Waals surface area contributed by atoms with Crippen LogP contribution in [-0.2, 0) is 6.54 Å². The van der Waals surface area contributed by atoms with Crippen molar-refractivity contribution in [1.82, 2.24) is 29.2 Å². The SMILES string of the molecule is Cc1cc2cc(n1)-c1cnn(C3CC3)c1OCCN(CC(F)(F)F)CCn1c(nc3ccccc31)NC2=O. The van der Waals surface area contributed by atoms with Crippen molar-refractivity contribution in [3.05, 3.63) is 53.9 Å². The van der Waals surface area contributed by atoms with Crippen molar-refractivity contribution in [1.29, 1.82) is 0 Å². The zero-order chi connectivity index (χ0) is 26.4. The maximum Gasteiger partial charge on any atom is 0.401 e. The minimum atomic E-state index is -4.38. The molecule has 38 heavy (non-hydrogen) atoms. The van der Waals surface area contributed by atoms with Gasteiger partial charge in [-0.05, 0) is 44.0 Å². The molecule has 1 aromatic carbocycles. The summed E-state index contributed by atoms with van der Waals surface area (Å²) in [4.78, 5) is 23.9. The average molecular weight is 526 g/mol. The Labute approximate surface area is 216 Å².